The molecule has 30 heavy (non-hydrogen) atoms. The van der Waals surface area contributed by atoms with Crippen LogP contribution in [0.1, 0.15) is 36.1 Å². The monoisotopic (exact) mass is 425 g/mol. The standard InChI is InChI=1S/C22H21ClFN5O/c23-17-5-4-6-18(24)16(17)13-29-20(30)11-14-7-8-19-15(21(14)27-29)12-25-22(26-19)28-9-2-1-3-10-28/h4-6,11-12H,1-3,7-10,13H2. The van der Waals surface area contributed by atoms with Gasteiger partial charge in [0, 0.05) is 41.5 Å². The first-order valence-electron chi connectivity index (χ1n) is 10.3. The minimum atomic E-state index is -0.455. The molecule has 0 unspecified atom stereocenters. The van der Waals surface area contributed by atoms with Crippen LogP contribution in [0, 0.1) is 5.82 Å². The van der Waals surface area contributed by atoms with Gasteiger partial charge in [-0.1, -0.05) is 17.7 Å². The number of aromatic nitrogens is 4. The second-order valence-corrected chi connectivity index (χ2v) is 8.20. The fourth-order valence-corrected chi connectivity index (χ4v) is 4.41. The Morgan fingerprint density at radius 3 is 2.77 bits per heavy atom. The highest BCUT2D eigenvalue weighted by molar-refractivity contribution is 6.31. The van der Waals surface area contributed by atoms with E-state index in [0.717, 1.165) is 55.1 Å². The summed E-state index contributed by atoms with van der Waals surface area (Å²) in [5.74, 6) is 0.312. The van der Waals surface area contributed by atoms with Crippen LogP contribution in [0.4, 0.5) is 10.3 Å². The van der Waals surface area contributed by atoms with E-state index >= 15 is 0 Å². The summed E-state index contributed by atoms with van der Waals surface area (Å²) in [5, 5.41) is 4.83. The van der Waals surface area contributed by atoms with Gasteiger partial charge >= 0.3 is 0 Å². The van der Waals surface area contributed by atoms with Gasteiger partial charge in [-0.05, 0) is 49.8 Å². The summed E-state index contributed by atoms with van der Waals surface area (Å²) < 4.78 is 15.5. The number of rotatable bonds is 3. The number of piperidine rings is 1. The highest BCUT2D eigenvalue weighted by Gasteiger charge is 2.23. The average molecular weight is 426 g/mol. The van der Waals surface area contributed by atoms with Crippen LogP contribution in [0.15, 0.2) is 35.3 Å². The van der Waals surface area contributed by atoms with Crippen molar-refractivity contribution >= 4 is 17.5 Å². The van der Waals surface area contributed by atoms with E-state index in [-0.39, 0.29) is 22.7 Å². The van der Waals surface area contributed by atoms with Crippen molar-refractivity contribution in [2.45, 2.75) is 38.6 Å². The van der Waals surface area contributed by atoms with E-state index in [9.17, 15) is 9.18 Å². The Hall–Kier alpha value is -2.80. The van der Waals surface area contributed by atoms with Gasteiger partial charge in [-0.25, -0.2) is 19.0 Å². The van der Waals surface area contributed by atoms with E-state index in [1.54, 1.807) is 12.1 Å². The molecule has 1 saturated heterocycles. The first-order valence-corrected chi connectivity index (χ1v) is 10.6. The van der Waals surface area contributed by atoms with E-state index in [1.807, 2.05) is 6.20 Å². The fraction of sp³-hybridized carbons (Fsp3) is 0.364. The number of hydrogen-bond donors (Lipinski definition) is 0. The molecule has 3 aromatic rings. The lowest BCUT2D eigenvalue weighted by molar-refractivity contribution is 0.565. The summed E-state index contributed by atoms with van der Waals surface area (Å²) in [6.45, 7) is 1.94. The van der Waals surface area contributed by atoms with Gasteiger partial charge in [0.1, 0.15) is 5.82 Å². The molecule has 3 heterocycles. The van der Waals surface area contributed by atoms with Gasteiger partial charge in [-0.2, -0.15) is 5.10 Å². The second kappa shape index (κ2) is 7.80. The maximum absolute atomic E-state index is 14.2. The summed E-state index contributed by atoms with van der Waals surface area (Å²) in [6.07, 6.45) is 6.83. The molecule has 6 nitrogen and oxygen atoms in total. The van der Waals surface area contributed by atoms with E-state index in [4.69, 9.17) is 16.6 Å². The van der Waals surface area contributed by atoms with Crippen LogP contribution in [-0.2, 0) is 19.4 Å². The Bertz CT molecular complexity index is 1150. The van der Waals surface area contributed by atoms with Crippen LogP contribution >= 0.6 is 11.6 Å². The molecule has 0 atom stereocenters. The fourth-order valence-electron chi connectivity index (χ4n) is 4.18. The Kier molecular flexibility index (Phi) is 4.98. The largest absolute Gasteiger partial charge is 0.341 e. The maximum Gasteiger partial charge on any atom is 0.267 e. The summed E-state index contributed by atoms with van der Waals surface area (Å²) in [6, 6.07) is 6.06. The molecule has 1 aliphatic heterocycles. The zero-order valence-corrected chi connectivity index (χ0v) is 17.2. The zero-order valence-electron chi connectivity index (χ0n) is 16.4. The molecule has 154 valence electrons. The quantitative estimate of drug-likeness (QED) is 0.641. The van der Waals surface area contributed by atoms with Crippen LogP contribution in [-0.4, -0.2) is 32.8 Å². The number of benzene rings is 1. The minimum absolute atomic E-state index is 0.0281. The molecule has 5 rings (SSSR count). The van der Waals surface area contributed by atoms with Gasteiger partial charge in [-0.3, -0.25) is 4.79 Å². The molecular formula is C22H21ClFN5O. The number of halogens is 2. The van der Waals surface area contributed by atoms with Crippen LogP contribution < -0.4 is 10.5 Å². The molecule has 1 aliphatic carbocycles. The van der Waals surface area contributed by atoms with Crippen LogP contribution in [0.5, 0.6) is 0 Å². The third kappa shape index (κ3) is 3.47. The molecule has 8 heteroatoms. The topological polar surface area (TPSA) is 63.9 Å². The molecule has 0 amide bonds. The summed E-state index contributed by atoms with van der Waals surface area (Å²) in [4.78, 5) is 24.2. The summed E-state index contributed by atoms with van der Waals surface area (Å²) in [7, 11) is 0. The SMILES string of the molecule is O=c1cc2c(nn1Cc1c(F)cccc1Cl)-c1cnc(N3CCCCC3)nc1CC2. The van der Waals surface area contributed by atoms with Crippen molar-refractivity contribution < 1.29 is 4.39 Å². The normalized spacial score (nSPS) is 15.6. The number of hydrogen-bond acceptors (Lipinski definition) is 5. The molecular weight excluding hydrogens is 405 g/mol. The Balaban J connectivity index is 1.52. The van der Waals surface area contributed by atoms with E-state index in [0.29, 0.717) is 12.1 Å². The van der Waals surface area contributed by atoms with Gasteiger partial charge in [0.05, 0.1) is 17.9 Å². The first-order chi connectivity index (χ1) is 14.6. The van der Waals surface area contributed by atoms with Crippen molar-refractivity contribution in [3.05, 3.63) is 68.5 Å². The summed E-state index contributed by atoms with van der Waals surface area (Å²) in [5.41, 5.74) is 3.32. The third-order valence-electron chi connectivity index (χ3n) is 5.83. The predicted octanol–water partition coefficient (Wildman–Crippen LogP) is 3.63. The summed E-state index contributed by atoms with van der Waals surface area (Å²) >= 11 is 6.14. The smallest absolute Gasteiger partial charge is 0.267 e. The number of anilines is 1. The molecule has 2 aliphatic rings. The molecule has 2 aromatic heterocycles. The van der Waals surface area contributed by atoms with Gasteiger partial charge in [0.25, 0.3) is 5.56 Å². The molecule has 0 saturated carbocycles. The van der Waals surface area contributed by atoms with Crippen LogP contribution in [0.3, 0.4) is 0 Å². The Morgan fingerprint density at radius 2 is 1.97 bits per heavy atom. The predicted molar refractivity (Wildman–Crippen MR) is 114 cm³/mol. The van der Waals surface area contributed by atoms with Gasteiger partial charge < -0.3 is 4.90 Å². The maximum atomic E-state index is 14.2. The van der Waals surface area contributed by atoms with Crippen LogP contribution in [0.25, 0.3) is 11.3 Å². The van der Waals surface area contributed by atoms with Gasteiger partial charge in [-0.15, -0.1) is 0 Å². The average Bonchev–Trinajstić information content (AvgIpc) is 2.77. The number of aryl methyl sites for hydroxylation is 2. The molecule has 0 bridgehead atoms. The van der Waals surface area contributed by atoms with Crippen LogP contribution in [0.2, 0.25) is 5.02 Å². The van der Waals surface area contributed by atoms with Crippen molar-refractivity contribution in [1.82, 2.24) is 19.7 Å². The van der Waals surface area contributed by atoms with Crippen molar-refractivity contribution in [3.8, 4) is 11.3 Å². The Morgan fingerprint density at radius 1 is 1.13 bits per heavy atom. The van der Waals surface area contributed by atoms with E-state index < -0.39 is 5.82 Å². The third-order valence-corrected chi connectivity index (χ3v) is 6.18. The molecule has 0 spiro atoms. The highest BCUT2D eigenvalue weighted by Crippen LogP contribution is 2.31. The van der Waals surface area contributed by atoms with Crippen molar-refractivity contribution in [1.29, 1.82) is 0 Å². The lowest BCUT2D eigenvalue weighted by Crippen LogP contribution is -2.31. The zero-order chi connectivity index (χ0) is 20.7. The minimum Gasteiger partial charge on any atom is -0.341 e. The van der Waals surface area contributed by atoms with E-state index in [2.05, 4.69) is 15.0 Å². The lowest BCUT2D eigenvalue weighted by atomic mass is 9.94. The number of nitrogens with zero attached hydrogens (tertiary/aromatic N) is 5. The van der Waals surface area contributed by atoms with Gasteiger partial charge in [0.15, 0.2) is 0 Å². The van der Waals surface area contributed by atoms with Crippen molar-refractivity contribution in [2.24, 2.45) is 0 Å². The molecule has 1 aromatic carbocycles. The lowest BCUT2D eigenvalue weighted by Gasteiger charge is -2.28. The van der Waals surface area contributed by atoms with Crippen molar-refractivity contribution in [2.75, 3.05) is 18.0 Å². The molecule has 1 fully saturated rings. The Labute approximate surface area is 178 Å². The van der Waals surface area contributed by atoms with Crippen molar-refractivity contribution in [3.63, 3.8) is 0 Å². The van der Waals surface area contributed by atoms with Gasteiger partial charge in [0.2, 0.25) is 5.95 Å². The van der Waals surface area contributed by atoms with E-state index in [1.165, 1.54) is 23.2 Å². The first kappa shape index (κ1) is 19.2. The highest BCUT2D eigenvalue weighted by atomic mass is 35.5. The second-order valence-electron chi connectivity index (χ2n) is 7.79. The molecule has 0 radical (unpaired) electrons. The number of fused-ring (bicyclic) bond motifs is 3. The molecule has 0 N–H and O–H groups in total.